The number of carbonyl (C=O) groups excluding carboxylic acids is 3. The number of fused-ring (bicyclic) bond motifs is 1. The molecule has 0 spiro atoms. The standard InChI is InChI=1S/C22H29N3O6S2/c1-4-12(2)17(33-21(28)14-6-5-9-23-10-14)18(26)24-15-8-7-13(3)20-25(19(15)27)16(11-32-20)31-22(29)30/h5-6,9-10,12-13,15-17,20H,4,7-8,11H2,1-3H3,(H,24,26)(H,29,30)/t12-,13-,15-,16+,17-,20+/m0/s1. The van der Waals surface area contributed by atoms with E-state index in [9.17, 15) is 19.2 Å². The van der Waals surface area contributed by atoms with E-state index in [0.717, 1.165) is 11.8 Å². The quantitative estimate of drug-likeness (QED) is 0.548. The molecule has 0 bridgehead atoms. The highest BCUT2D eigenvalue weighted by molar-refractivity contribution is 8.15. The van der Waals surface area contributed by atoms with Gasteiger partial charge >= 0.3 is 6.16 Å². The van der Waals surface area contributed by atoms with Gasteiger partial charge in [0.1, 0.15) is 6.04 Å². The summed E-state index contributed by atoms with van der Waals surface area (Å²) in [7, 11) is 0. The van der Waals surface area contributed by atoms with Crippen molar-refractivity contribution in [1.29, 1.82) is 0 Å². The Kier molecular flexibility index (Phi) is 8.63. The summed E-state index contributed by atoms with van der Waals surface area (Å²) in [4.78, 5) is 55.9. The van der Waals surface area contributed by atoms with Crippen LogP contribution in [-0.2, 0) is 14.3 Å². The van der Waals surface area contributed by atoms with Crippen LogP contribution in [-0.4, -0.2) is 66.7 Å². The third-order valence-corrected chi connectivity index (χ3v) is 8.94. The van der Waals surface area contributed by atoms with E-state index in [1.54, 1.807) is 18.3 Å². The van der Waals surface area contributed by atoms with Gasteiger partial charge in [0.2, 0.25) is 16.9 Å². The normalized spacial score (nSPS) is 26.6. The van der Waals surface area contributed by atoms with Crippen LogP contribution in [0.1, 0.15) is 50.4 Å². The van der Waals surface area contributed by atoms with Gasteiger partial charge in [-0.05, 0) is 36.8 Å². The Bertz CT molecular complexity index is 886. The number of hydrogen-bond donors (Lipinski definition) is 2. The van der Waals surface area contributed by atoms with Crippen molar-refractivity contribution in [2.24, 2.45) is 11.8 Å². The summed E-state index contributed by atoms with van der Waals surface area (Å²) >= 11 is 2.43. The fraction of sp³-hybridized carbons (Fsp3) is 0.591. The summed E-state index contributed by atoms with van der Waals surface area (Å²) < 4.78 is 4.95. The van der Waals surface area contributed by atoms with E-state index in [2.05, 4.69) is 10.3 Å². The van der Waals surface area contributed by atoms with Gasteiger partial charge in [-0.15, -0.1) is 11.8 Å². The Labute approximate surface area is 201 Å². The van der Waals surface area contributed by atoms with Gasteiger partial charge in [-0.3, -0.25) is 24.3 Å². The third-order valence-electron chi connectivity index (χ3n) is 6.05. The number of hydrogen-bond acceptors (Lipinski definition) is 8. The minimum atomic E-state index is -1.44. The number of aromatic nitrogens is 1. The predicted octanol–water partition coefficient (Wildman–Crippen LogP) is 3.21. The lowest BCUT2D eigenvalue weighted by Gasteiger charge is -2.31. The van der Waals surface area contributed by atoms with E-state index in [4.69, 9.17) is 9.84 Å². The summed E-state index contributed by atoms with van der Waals surface area (Å²) in [6.45, 7) is 5.85. The molecule has 3 rings (SSSR count). The van der Waals surface area contributed by atoms with Crippen LogP contribution >= 0.6 is 23.5 Å². The van der Waals surface area contributed by atoms with Crippen LogP contribution in [0.25, 0.3) is 0 Å². The molecule has 1 aromatic rings. The molecule has 0 unspecified atom stereocenters. The molecule has 2 aliphatic heterocycles. The number of pyridine rings is 1. The SMILES string of the molecule is CC[C@H](C)[C@H](SC(=O)c1cccnc1)C(=O)N[C@H]1CC[C@H](C)[C@H]2SC[C@@H](OC(=O)O)N2C1=O. The molecule has 1 aromatic heterocycles. The van der Waals surface area contributed by atoms with E-state index in [0.29, 0.717) is 30.6 Å². The van der Waals surface area contributed by atoms with E-state index in [1.807, 2.05) is 20.8 Å². The van der Waals surface area contributed by atoms with Crippen LogP contribution in [0.15, 0.2) is 24.5 Å². The summed E-state index contributed by atoms with van der Waals surface area (Å²) in [5, 5.41) is 10.8. The molecular weight excluding hydrogens is 466 g/mol. The Hall–Kier alpha value is -2.27. The molecule has 2 fully saturated rings. The Morgan fingerprint density at radius 3 is 2.79 bits per heavy atom. The first-order chi connectivity index (χ1) is 15.7. The van der Waals surface area contributed by atoms with E-state index >= 15 is 0 Å². The largest absolute Gasteiger partial charge is 0.507 e. The number of carboxylic acid groups (broad SMARTS) is 1. The molecule has 180 valence electrons. The zero-order valence-electron chi connectivity index (χ0n) is 18.8. The Morgan fingerprint density at radius 1 is 1.39 bits per heavy atom. The maximum absolute atomic E-state index is 13.3. The van der Waals surface area contributed by atoms with Crippen LogP contribution in [0.4, 0.5) is 4.79 Å². The summed E-state index contributed by atoms with van der Waals surface area (Å²) in [6.07, 6.45) is 2.54. The van der Waals surface area contributed by atoms with Gasteiger partial charge in [0, 0.05) is 18.0 Å². The van der Waals surface area contributed by atoms with Crippen molar-refractivity contribution in [3.8, 4) is 0 Å². The lowest BCUT2D eigenvalue weighted by Crippen LogP contribution is -2.54. The highest BCUT2D eigenvalue weighted by Gasteiger charge is 2.47. The molecule has 0 aliphatic carbocycles. The fourth-order valence-electron chi connectivity index (χ4n) is 3.99. The monoisotopic (exact) mass is 495 g/mol. The molecule has 9 nitrogen and oxygen atoms in total. The summed E-state index contributed by atoms with van der Waals surface area (Å²) in [5.74, 6) is -0.346. The maximum Gasteiger partial charge on any atom is 0.507 e. The van der Waals surface area contributed by atoms with Crippen LogP contribution in [0.3, 0.4) is 0 Å². The fourth-order valence-corrected chi connectivity index (χ4v) is 6.53. The number of amides is 2. The first-order valence-electron chi connectivity index (χ1n) is 11.0. The van der Waals surface area contributed by atoms with Gasteiger partial charge in [-0.25, -0.2) is 4.79 Å². The zero-order valence-corrected chi connectivity index (χ0v) is 20.4. The molecule has 6 atom stereocenters. The highest BCUT2D eigenvalue weighted by atomic mass is 32.2. The van der Waals surface area contributed by atoms with Gasteiger partial charge in [-0.1, -0.05) is 39.0 Å². The van der Waals surface area contributed by atoms with Gasteiger partial charge in [0.15, 0.2) is 6.23 Å². The molecule has 11 heteroatoms. The van der Waals surface area contributed by atoms with Crippen molar-refractivity contribution in [2.75, 3.05) is 5.75 Å². The maximum atomic E-state index is 13.3. The van der Waals surface area contributed by atoms with E-state index in [-0.39, 0.29) is 34.1 Å². The second-order valence-corrected chi connectivity index (χ2v) is 10.6. The van der Waals surface area contributed by atoms with Gasteiger partial charge in [0.25, 0.3) is 0 Å². The number of carbonyl (C=O) groups is 4. The summed E-state index contributed by atoms with van der Waals surface area (Å²) in [5.41, 5.74) is 0.411. The van der Waals surface area contributed by atoms with Gasteiger partial charge in [-0.2, -0.15) is 0 Å². The Morgan fingerprint density at radius 2 is 2.15 bits per heavy atom. The van der Waals surface area contributed by atoms with Crippen molar-refractivity contribution in [3.05, 3.63) is 30.1 Å². The molecule has 2 N–H and O–H groups in total. The summed E-state index contributed by atoms with van der Waals surface area (Å²) in [6, 6.07) is 2.51. The number of thioether (sulfide) groups is 2. The molecule has 33 heavy (non-hydrogen) atoms. The third kappa shape index (κ3) is 6.00. The highest BCUT2D eigenvalue weighted by Crippen LogP contribution is 2.39. The van der Waals surface area contributed by atoms with Crippen LogP contribution < -0.4 is 5.32 Å². The lowest BCUT2D eigenvalue weighted by molar-refractivity contribution is -0.144. The smallest absolute Gasteiger partial charge is 0.450 e. The minimum absolute atomic E-state index is 0.103. The second-order valence-electron chi connectivity index (χ2n) is 8.38. The van der Waals surface area contributed by atoms with E-state index < -0.39 is 23.7 Å². The van der Waals surface area contributed by atoms with Crippen molar-refractivity contribution < 1.29 is 29.0 Å². The molecule has 3 heterocycles. The molecule has 2 aliphatic rings. The van der Waals surface area contributed by atoms with Crippen molar-refractivity contribution in [3.63, 3.8) is 0 Å². The minimum Gasteiger partial charge on any atom is -0.450 e. The second kappa shape index (κ2) is 11.2. The zero-order chi connectivity index (χ0) is 24.1. The Balaban J connectivity index is 1.75. The molecule has 2 saturated heterocycles. The molecule has 0 radical (unpaired) electrons. The average Bonchev–Trinajstić information content (AvgIpc) is 3.17. The van der Waals surface area contributed by atoms with Gasteiger partial charge < -0.3 is 15.2 Å². The topological polar surface area (TPSA) is 126 Å². The first kappa shape index (κ1) is 25.4. The van der Waals surface area contributed by atoms with E-state index in [1.165, 1.54) is 22.9 Å². The van der Waals surface area contributed by atoms with Crippen molar-refractivity contribution >= 4 is 46.6 Å². The number of ether oxygens (including phenoxy) is 1. The number of nitrogens with zero attached hydrogens (tertiary/aromatic N) is 2. The number of rotatable bonds is 7. The van der Waals surface area contributed by atoms with Crippen LogP contribution in [0, 0.1) is 11.8 Å². The molecule has 2 amide bonds. The molecule has 0 saturated carbocycles. The number of nitrogens with one attached hydrogen (secondary N) is 1. The molecule has 0 aromatic carbocycles. The van der Waals surface area contributed by atoms with Crippen molar-refractivity contribution in [2.45, 2.75) is 62.9 Å². The predicted molar refractivity (Wildman–Crippen MR) is 126 cm³/mol. The van der Waals surface area contributed by atoms with Crippen LogP contribution in [0.5, 0.6) is 0 Å². The van der Waals surface area contributed by atoms with Crippen molar-refractivity contribution in [1.82, 2.24) is 15.2 Å². The molecular formula is C22H29N3O6S2. The first-order valence-corrected chi connectivity index (χ1v) is 12.9. The average molecular weight is 496 g/mol. The van der Waals surface area contributed by atoms with Crippen LogP contribution in [0.2, 0.25) is 0 Å². The van der Waals surface area contributed by atoms with Gasteiger partial charge in [0.05, 0.1) is 16.4 Å². The lowest BCUT2D eigenvalue weighted by atomic mass is 10.0.